The molecule has 0 fully saturated rings. The second-order valence-electron chi connectivity index (χ2n) is 3.86. The first-order chi connectivity index (χ1) is 9.79. The maximum absolute atomic E-state index is 12.1. The van der Waals surface area contributed by atoms with Crippen LogP contribution in [-0.2, 0) is 9.59 Å². The van der Waals surface area contributed by atoms with Crippen LogP contribution in [0.25, 0.3) is 0 Å². The molecule has 0 bridgehead atoms. The van der Waals surface area contributed by atoms with Gasteiger partial charge in [-0.1, -0.05) is 6.07 Å². The molecule has 0 atom stereocenters. The quantitative estimate of drug-likeness (QED) is 0.775. The number of alkyl halides is 2. The SMILES string of the molecule is O=C(O)CN(CC(=O)O)C(=O)c1cccc(OC(F)F)c1. The van der Waals surface area contributed by atoms with Crippen LogP contribution < -0.4 is 4.74 Å². The van der Waals surface area contributed by atoms with E-state index in [9.17, 15) is 23.2 Å². The Hall–Kier alpha value is -2.71. The van der Waals surface area contributed by atoms with Gasteiger partial charge < -0.3 is 19.8 Å². The molecular formula is C12H11F2NO6. The van der Waals surface area contributed by atoms with Gasteiger partial charge in [-0.05, 0) is 18.2 Å². The molecule has 0 saturated carbocycles. The predicted octanol–water partition coefficient (Wildman–Crippen LogP) is 0.899. The molecule has 1 rings (SSSR count). The molecule has 2 N–H and O–H groups in total. The summed E-state index contributed by atoms with van der Waals surface area (Å²) < 4.78 is 28.3. The van der Waals surface area contributed by atoms with Crippen molar-refractivity contribution in [2.45, 2.75) is 6.61 Å². The fourth-order valence-corrected chi connectivity index (χ4v) is 1.51. The number of carbonyl (C=O) groups is 3. The number of carbonyl (C=O) groups excluding carboxylic acids is 1. The van der Waals surface area contributed by atoms with Crippen LogP contribution in [0.2, 0.25) is 0 Å². The number of ether oxygens (including phenoxy) is 1. The van der Waals surface area contributed by atoms with Gasteiger partial charge in [0.25, 0.3) is 5.91 Å². The van der Waals surface area contributed by atoms with E-state index in [1.165, 1.54) is 18.2 Å². The van der Waals surface area contributed by atoms with E-state index in [-0.39, 0.29) is 11.3 Å². The van der Waals surface area contributed by atoms with Gasteiger partial charge >= 0.3 is 18.6 Å². The van der Waals surface area contributed by atoms with Gasteiger partial charge in [-0.3, -0.25) is 14.4 Å². The van der Waals surface area contributed by atoms with Crippen LogP contribution in [0.15, 0.2) is 24.3 Å². The maximum Gasteiger partial charge on any atom is 0.387 e. The Bertz CT molecular complexity index is 532. The highest BCUT2D eigenvalue weighted by Gasteiger charge is 2.21. The molecule has 0 aliphatic carbocycles. The lowest BCUT2D eigenvalue weighted by Crippen LogP contribution is -2.39. The lowest BCUT2D eigenvalue weighted by atomic mass is 10.2. The molecule has 0 heterocycles. The number of amides is 1. The van der Waals surface area contributed by atoms with E-state index in [1.807, 2.05) is 0 Å². The van der Waals surface area contributed by atoms with Crippen molar-refractivity contribution >= 4 is 17.8 Å². The van der Waals surface area contributed by atoms with Gasteiger partial charge in [0, 0.05) is 5.56 Å². The Morgan fingerprint density at radius 3 is 2.19 bits per heavy atom. The minimum atomic E-state index is -3.08. The lowest BCUT2D eigenvalue weighted by Gasteiger charge is -2.18. The number of aliphatic carboxylic acids is 2. The predicted molar refractivity (Wildman–Crippen MR) is 64.2 cm³/mol. The highest BCUT2D eigenvalue weighted by molar-refractivity contribution is 5.97. The first-order valence-corrected chi connectivity index (χ1v) is 5.57. The fraction of sp³-hybridized carbons (Fsp3) is 0.250. The van der Waals surface area contributed by atoms with Crippen LogP contribution in [0.1, 0.15) is 10.4 Å². The van der Waals surface area contributed by atoms with Crippen molar-refractivity contribution < 1.29 is 38.1 Å². The van der Waals surface area contributed by atoms with Crippen LogP contribution in [0.4, 0.5) is 8.78 Å². The molecule has 0 aliphatic rings. The summed E-state index contributed by atoms with van der Waals surface area (Å²) in [6, 6.07) is 4.65. The molecule has 1 aromatic rings. The number of halogens is 2. The van der Waals surface area contributed by atoms with Crippen LogP contribution in [0.5, 0.6) is 5.75 Å². The number of benzene rings is 1. The summed E-state index contributed by atoms with van der Waals surface area (Å²) >= 11 is 0. The summed E-state index contributed by atoms with van der Waals surface area (Å²) in [5.41, 5.74) is -0.157. The molecule has 0 radical (unpaired) electrons. The Balaban J connectivity index is 2.96. The first-order valence-electron chi connectivity index (χ1n) is 5.57. The zero-order valence-electron chi connectivity index (χ0n) is 10.5. The maximum atomic E-state index is 12.1. The standard InChI is InChI=1S/C12H11F2NO6/c13-12(14)21-8-3-1-2-7(4-8)11(20)15(5-9(16)17)6-10(18)19/h1-4,12H,5-6H2,(H,16,17)(H,18,19). The zero-order valence-corrected chi connectivity index (χ0v) is 10.5. The summed E-state index contributed by atoms with van der Waals surface area (Å²) in [6.45, 7) is -4.74. The van der Waals surface area contributed by atoms with Gasteiger partial charge in [0.2, 0.25) is 0 Å². The van der Waals surface area contributed by atoms with Crippen molar-refractivity contribution in [3.8, 4) is 5.75 Å². The van der Waals surface area contributed by atoms with Crippen molar-refractivity contribution in [2.24, 2.45) is 0 Å². The highest BCUT2D eigenvalue weighted by Crippen LogP contribution is 2.17. The van der Waals surface area contributed by atoms with Gasteiger partial charge in [0.05, 0.1) is 0 Å². The van der Waals surface area contributed by atoms with E-state index < -0.39 is 37.5 Å². The van der Waals surface area contributed by atoms with E-state index in [0.29, 0.717) is 4.90 Å². The topological polar surface area (TPSA) is 104 Å². The average molecular weight is 303 g/mol. The summed E-state index contributed by atoms with van der Waals surface area (Å²) in [4.78, 5) is 33.8. The van der Waals surface area contributed by atoms with E-state index >= 15 is 0 Å². The van der Waals surface area contributed by atoms with E-state index in [0.717, 1.165) is 6.07 Å². The van der Waals surface area contributed by atoms with Crippen LogP contribution in [0.3, 0.4) is 0 Å². The molecule has 0 aromatic heterocycles. The minimum Gasteiger partial charge on any atom is -0.480 e. The third-order valence-corrected chi connectivity index (χ3v) is 2.25. The average Bonchev–Trinajstić information content (AvgIpc) is 2.35. The Morgan fingerprint density at radius 2 is 1.71 bits per heavy atom. The molecule has 0 unspecified atom stereocenters. The number of carboxylic acid groups (broad SMARTS) is 2. The Labute approximate surface area is 117 Å². The largest absolute Gasteiger partial charge is 0.480 e. The molecule has 7 nitrogen and oxygen atoms in total. The summed E-state index contributed by atoms with van der Waals surface area (Å²) in [6.07, 6.45) is 0. The number of rotatable bonds is 7. The van der Waals surface area contributed by atoms with Gasteiger partial charge in [-0.2, -0.15) is 8.78 Å². The van der Waals surface area contributed by atoms with Gasteiger partial charge in [-0.15, -0.1) is 0 Å². The summed E-state index contributed by atoms with van der Waals surface area (Å²) in [5, 5.41) is 17.3. The number of nitrogens with zero attached hydrogens (tertiary/aromatic N) is 1. The van der Waals surface area contributed by atoms with E-state index in [2.05, 4.69) is 4.74 Å². The second-order valence-corrected chi connectivity index (χ2v) is 3.86. The van der Waals surface area contributed by atoms with Crippen molar-refractivity contribution in [2.75, 3.05) is 13.1 Å². The summed E-state index contributed by atoms with van der Waals surface area (Å²) in [7, 11) is 0. The molecule has 0 saturated heterocycles. The molecule has 114 valence electrons. The normalized spacial score (nSPS) is 10.2. The molecule has 1 aromatic carbocycles. The molecule has 0 aliphatic heterocycles. The Kier molecular flexibility index (Phi) is 5.58. The third kappa shape index (κ3) is 5.43. The molecule has 0 spiro atoms. The van der Waals surface area contributed by atoms with Crippen molar-refractivity contribution in [3.05, 3.63) is 29.8 Å². The minimum absolute atomic E-state index is 0.157. The molecule has 1 amide bonds. The number of hydrogen-bond acceptors (Lipinski definition) is 4. The third-order valence-electron chi connectivity index (χ3n) is 2.25. The van der Waals surface area contributed by atoms with E-state index in [4.69, 9.17) is 10.2 Å². The first kappa shape index (κ1) is 16.3. The Morgan fingerprint density at radius 1 is 1.14 bits per heavy atom. The lowest BCUT2D eigenvalue weighted by molar-refractivity contribution is -0.140. The number of carboxylic acids is 2. The van der Waals surface area contributed by atoms with Crippen molar-refractivity contribution in [1.82, 2.24) is 4.90 Å². The van der Waals surface area contributed by atoms with Crippen molar-refractivity contribution in [1.29, 1.82) is 0 Å². The second kappa shape index (κ2) is 7.17. The number of hydrogen-bond donors (Lipinski definition) is 2. The summed E-state index contributed by atoms with van der Waals surface area (Å²) in [5.74, 6) is -4.00. The van der Waals surface area contributed by atoms with Crippen LogP contribution in [-0.4, -0.2) is 52.7 Å². The van der Waals surface area contributed by atoms with E-state index in [1.54, 1.807) is 0 Å². The molecular weight excluding hydrogens is 292 g/mol. The highest BCUT2D eigenvalue weighted by atomic mass is 19.3. The fourth-order valence-electron chi connectivity index (χ4n) is 1.51. The van der Waals surface area contributed by atoms with Crippen LogP contribution >= 0.6 is 0 Å². The van der Waals surface area contributed by atoms with Crippen LogP contribution in [0, 0.1) is 0 Å². The van der Waals surface area contributed by atoms with Gasteiger partial charge in [-0.25, -0.2) is 0 Å². The smallest absolute Gasteiger partial charge is 0.387 e. The zero-order chi connectivity index (χ0) is 16.0. The molecule has 9 heteroatoms. The van der Waals surface area contributed by atoms with Crippen molar-refractivity contribution in [3.63, 3.8) is 0 Å². The van der Waals surface area contributed by atoms with Gasteiger partial charge in [0.1, 0.15) is 18.8 Å². The monoisotopic (exact) mass is 303 g/mol. The molecule has 21 heavy (non-hydrogen) atoms. The van der Waals surface area contributed by atoms with Gasteiger partial charge in [0.15, 0.2) is 0 Å².